The molecule has 0 aliphatic carbocycles. The number of carbonyl (C=O) groups excluding carboxylic acids is 4. The van der Waals surface area contributed by atoms with Gasteiger partial charge in [0.2, 0.25) is 5.41 Å². The van der Waals surface area contributed by atoms with Crippen molar-refractivity contribution in [3.63, 3.8) is 0 Å². The van der Waals surface area contributed by atoms with Crippen LogP contribution in [0, 0.1) is 6.92 Å². The number of esters is 2. The van der Waals surface area contributed by atoms with E-state index < -0.39 is 57.5 Å². The third-order valence-electron chi connectivity index (χ3n) is 4.90. The van der Waals surface area contributed by atoms with Gasteiger partial charge in [-0.2, -0.15) is 26.3 Å². The SMILES string of the molecule is COC(=O)c1cc(C(c2ccc(C(=O)OC=O)c(C)c2)(C(F)(F)F)C(F)(F)F)ccc1C=O. The second-order valence-corrected chi connectivity index (χ2v) is 6.69. The first-order valence-corrected chi connectivity index (χ1v) is 8.83. The van der Waals surface area contributed by atoms with E-state index >= 15 is 0 Å². The Morgan fingerprint density at radius 2 is 1.36 bits per heavy atom. The fourth-order valence-corrected chi connectivity index (χ4v) is 3.39. The van der Waals surface area contributed by atoms with Crippen LogP contribution in [0.2, 0.25) is 0 Å². The molecular weight excluding hydrogens is 462 g/mol. The van der Waals surface area contributed by atoms with E-state index in [2.05, 4.69) is 9.47 Å². The number of ether oxygens (including phenoxy) is 2. The van der Waals surface area contributed by atoms with Gasteiger partial charge in [0.25, 0.3) is 0 Å². The fraction of sp³-hybridized carbons (Fsp3) is 0.238. The average Bonchev–Trinajstić information content (AvgIpc) is 2.71. The number of methoxy groups -OCH3 is 1. The molecule has 0 unspecified atom stereocenters. The van der Waals surface area contributed by atoms with E-state index in [9.17, 15) is 45.5 Å². The summed E-state index contributed by atoms with van der Waals surface area (Å²) in [5.74, 6) is -2.60. The number of hydrogen-bond donors (Lipinski definition) is 0. The van der Waals surface area contributed by atoms with E-state index in [1.54, 1.807) is 0 Å². The minimum absolute atomic E-state index is 0.0798. The molecule has 0 fully saturated rings. The van der Waals surface area contributed by atoms with Gasteiger partial charge in [-0.25, -0.2) is 9.59 Å². The van der Waals surface area contributed by atoms with Gasteiger partial charge in [0, 0.05) is 5.56 Å². The van der Waals surface area contributed by atoms with Crippen LogP contribution in [0.1, 0.15) is 47.8 Å². The van der Waals surface area contributed by atoms with Gasteiger partial charge in [0.15, 0.2) is 6.29 Å². The van der Waals surface area contributed by atoms with Gasteiger partial charge >= 0.3 is 30.8 Å². The Morgan fingerprint density at radius 3 is 1.82 bits per heavy atom. The van der Waals surface area contributed by atoms with Crippen molar-refractivity contribution >= 4 is 24.7 Å². The monoisotopic (exact) mass is 476 g/mol. The van der Waals surface area contributed by atoms with Gasteiger partial charge in [-0.15, -0.1) is 0 Å². The number of halogens is 6. The summed E-state index contributed by atoms with van der Waals surface area (Å²) in [5, 5.41) is 0. The molecule has 0 radical (unpaired) electrons. The van der Waals surface area contributed by atoms with E-state index in [0.29, 0.717) is 36.4 Å². The van der Waals surface area contributed by atoms with E-state index in [0.717, 1.165) is 14.0 Å². The maximum absolute atomic E-state index is 14.3. The number of aryl methyl sites for hydroxylation is 1. The number of aldehydes is 1. The van der Waals surface area contributed by atoms with E-state index in [1.807, 2.05) is 0 Å². The van der Waals surface area contributed by atoms with Gasteiger partial charge in [0.05, 0.1) is 18.2 Å². The minimum atomic E-state index is -5.99. The first kappa shape index (κ1) is 25.6. The molecule has 0 saturated heterocycles. The van der Waals surface area contributed by atoms with E-state index in [1.165, 1.54) is 0 Å². The van der Waals surface area contributed by atoms with Crippen LogP contribution in [0.4, 0.5) is 26.3 Å². The molecule has 0 heterocycles. The Hall–Kier alpha value is -3.70. The zero-order valence-electron chi connectivity index (χ0n) is 16.8. The molecule has 0 spiro atoms. The highest BCUT2D eigenvalue weighted by Crippen LogP contribution is 2.56. The van der Waals surface area contributed by atoms with Crippen molar-refractivity contribution in [1.82, 2.24) is 0 Å². The Bertz CT molecular complexity index is 1090. The third kappa shape index (κ3) is 4.32. The van der Waals surface area contributed by atoms with Crippen LogP contribution in [0.25, 0.3) is 0 Å². The third-order valence-corrected chi connectivity index (χ3v) is 4.90. The second-order valence-electron chi connectivity index (χ2n) is 6.69. The Kier molecular flexibility index (Phi) is 7.00. The molecule has 0 saturated carbocycles. The lowest BCUT2D eigenvalue weighted by molar-refractivity contribution is -0.288. The summed E-state index contributed by atoms with van der Waals surface area (Å²) in [7, 11) is 0.838. The summed E-state index contributed by atoms with van der Waals surface area (Å²) in [4.78, 5) is 45.1. The van der Waals surface area contributed by atoms with Crippen LogP contribution in [0.15, 0.2) is 36.4 Å². The quantitative estimate of drug-likeness (QED) is 0.267. The standard InChI is InChI=1S/C21H14F6O6/c1-11-7-13(5-6-15(11)18(31)33-10-29)19(20(22,23)24,21(25,26)27)14-4-3-12(9-28)16(8-14)17(30)32-2/h3-10H,1-2H3. The molecule has 0 aliphatic heterocycles. The molecule has 33 heavy (non-hydrogen) atoms. The van der Waals surface area contributed by atoms with Gasteiger partial charge < -0.3 is 9.47 Å². The minimum Gasteiger partial charge on any atom is -0.465 e. The largest absolute Gasteiger partial charge is 0.465 e. The van der Waals surface area contributed by atoms with E-state index in [4.69, 9.17) is 0 Å². The highest BCUT2D eigenvalue weighted by Gasteiger charge is 2.72. The van der Waals surface area contributed by atoms with Gasteiger partial charge in [-0.05, 0) is 35.7 Å². The zero-order valence-corrected chi connectivity index (χ0v) is 16.8. The highest BCUT2D eigenvalue weighted by molar-refractivity contribution is 5.98. The molecule has 0 N–H and O–H groups in total. The van der Waals surface area contributed by atoms with Crippen LogP contribution in [-0.4, -0.2) is 44.2 Å². The molecule has 0 aromatic heterocycles. The average molecular weight is 476 g/mol. The molecule has 0 bridgehead atoms. The van der Waals surface area contributed by atoms with Crippen molar-refractivity contribution in [3.8, 4) is 0 Å². The zero-order chi connectivity index (χ0) is 25.2. The van der Waals surface area contributed by atoms with Gasteiger partial charge in [0.1, 0.15) is 0 Å². The van der Waals surface area contributed by atoms with Crippen molar-refractivity contribution in [2.24, 2.45) is 0 Å². The molecule has 0 atom stereocenters. The summed E-state index contributed by atoms with van der Waals surface area (Å²) < 4.78 is 94.3. The predicted molar refractivity (Wildman–Crippen MR) is 98.7 cm³/mol. The van der Waals surface area contributed by atoms with Crippen LogP contribution >= 0.6 is 0 Å². The van der Waals surface area contributed by atoms with Gasteiger partial charge in [-0.3, -0.25) is 9.59 Å². The van der Waals surface area contributed by atoms with Crippen molar-refractivity contribution in [1.29, 1.82) is 0 Å². The molecule has 6 nitrogen and oxygen atoms in total. The Labute approximate surface area is 182 Å². The summed E-state index contributed by atoms with van der Waals surface area (Å²) in [6.45, 7) is 0.812. The molecule has 0 amide bonds. The Morgan fingerprint density at radius 1 is 0.818 bits per heavy atom. The summed E-state index contributed by atoms with van der Waals surface area (Å²) >= 11 is 0. The van der Waals surface area contributed by atoms with Crippen molar-refractivity contribution < 1.29 is 55.0 Å². The van der Waals surface area contributed by atoms with Crippen LogP contribution in [0.5, 0.6) is 0 Å². The maximum atomic E-state index is 14.3. The molecule has 2 aromatic carbocycles. The first-order valence-electron chi connectivity index (χ1n) is 8.83. The van der Waals surface area contributed by atoms with Crippen molar-refractivity contribution in [2.45, 2.75) is 24.7 Å². The first-order chi connectivity index (χ1) is 15.3. The number of benzene rings is 2. The topological polar surface area (TPSA) is 86.7 Å². The normalized spacial score (nSPS) is 12.1. The van der Waals surface area contributed by atoms with Crippen LogP contribution < -0.4 is 0 Å². The molecule has 0 aliphatic rings. The molecule has 176 valence electrons. The predicted octanol–water partition coefficient (Wildman–Crippen LogP) is 4.32. The molecular formula is C21H14F6O6. The lowest BCUT2D eigenvalue weighted by Crippen LogP contribution is -2.55. The van der Waals surface area contributed by atoms with Crippen LogP contribution in [0.3, 0.4) is 0 Å². The number of hydrogen-bond acceptors (Lipinski definition) is 6. The summed E-state index contributed by atoms with van der Waals surface area (Å²) in [6, 6.07) is 2.92. The second kappa shape index (κ2) is 9.04. The number of rotatable bonds is 6. The smallest absolute Gasteiger partial charge is 0.411 e. The van der Waals surface area contributed by atoms with Crippen molar-refractivity contribution in [3.05, 3.63) is 69.8 Å². The van der Waals surface area contributed by atoms with E-state index in [-0.39, 0.29) is 18.3 Å². The molecule has 2 rings (SSSR count). The summed E-state index contributed by atoms with van der Waals surface area (Å²) in [5.41, 5.74) is -9.43. The lowest BCUT2D eigenvalue weighted by Gasteiger charge is -2.38. The lowest BCUT2D eigenvalue weighted by atomic mass is 9.71. The molecule has 12 heteroatoms. The number of carbonyl (C=O) groups is 4. The Balaban J connectivity index is 2.96. The fourth-order valence-electron chi connectivity index (χ4n) is 3.39. The molecule has 2 aromatic rings. The van der Waals surface area contributed by atoms with Crippen molar-refractivity contribution in [2.75, 3.05) is 7.11 Å². The number of alkyl halides is 6. The van der Waals surface area contributed by atoms with Crippen LogP contribution in [-0.2, 0) is 19.7 Å². The maximum Gasteiger partial charge on any atom is 0.411 e. The summed E-state index contributed by atoms with van der Waals surface area (Å²) in [6.07, 6.45) is -11.9. The van der Waals surface area contributed by atoms with Gasteiger partial charge in [-0.1, -0.05) is 24.3 Å². The highest BCUT2D eigenvalue weighted by atomic mass is 19.4.